The van der Waals surface area contributed by atoms with E-state index in [0.29, 0.717) is 12.1 Å². The maximum atomic E-state index is 11.5. The Kier molecular flexibility index (Phi) is 6.37. The van der Waals surface area contributed by atoms with Crippen molar-refractivity contribution in [2.24, 2.45) is 4.99 Å². The lowest BCUT2D eigenvalue weighted by Crippen LogP contribution is -2.05. The van der Waals surface area contributed by atoms with Crippen molar-refractivity contribution in [1.29, 1.82) is 0 Å². The molecule has 0 unspecified atom stereocenters. The number of hydrogen-bond acceptors (Lipinski definition) is 3. The third-order valence-corrected chi connectivity index (χ3v) is 1.53. The van der Waals surface area contributed by atoms with Crippen LogP contribution in [0.2, 0.25) is 0 Å². The number of allylic oxidation sites excluding steroid dienone is 3. The third kappa shape index (κ3) is 5.30. The van der Waals surface area contributed by atoms with Crippen molar-refractivity contribution in [2.75, 3.05) is 20.6 Å². The minimum atomic E-state index is -0.0154. The smallest absolute Gasteiger partial charge is 0.188 e. The van der Waals surface area contributed by atoms with E-state index in [4.69, 9.17) is 0 Å². The van der Waals surface area contributed by atoms with Gasteiger partial charge >= 0.3 is 0 Å². The first-order chi connectivity index (χ1) is 6.61. The molecular formula is C11H18N2O. The molecule has 0 amide bonds. The fraction of sp³-hybridized carbons (Fsp3) is 0.455. The number of rotatable bonds is 5. The highest BCUT2D eigenvalue weighted by Crippen LogP contribution is 1.95. The zero-order chi connectivity index (χ0) is 11.0. The summed E-state index contributed by atoms with van der Waals surface area (Å²) in [6.45, 7) is 4.46. The Labute approximate surface area is 85.8 Å². The van der Waals surface area contributed by atoms with Crippen molar-refractivity contribution < 1.29 is 4.79 Å². The highest BCUT2D eigenvalue weighted by Gasteiger charge is 2.00. The van der Waals surface area contributed by atoms with Gasteiger partial charge in [0.15, 0.2) is 5.78 Å². The average molecular weight is 194 g/mol. The summed E-state index contributed by atoms with van der Waals surface area (Å²) in [5.74, 6) is -0.0154. The van der Waals surface area contributed by atoms with Crippen molar-refractivity contribution in [3.8, 4) is 0 Å². The second-order valence-electron chi connectivity index (χ2n) is 3.02. The molecule has 0 bridgehead atoms. The van der Waals surface area contributed by atoms with Gasteiger partial charge in [0.2, 0.25) is 0 Å². The SMILES string of the molecule is C/C=C(\C=NCC)C(=O)/C=C/N(C)C. The summed E-state index contributed by atoms with van der Waals surface area (Å²) in [6.07, 6.45) is 6.65. The largest absolute Gasteiger partial charge is 0.383 e. The predicted molar refractivity (Wildman–Crippen MR) is 60.6 cm³/mol. The highest BCUT2D eigenvalue weighted by atomic mass is 16.1. The Hall–Kier alpha value is -1.38. The van der Waals surface area contributed by atoms with Crippen LogP contribution in [0.25, 0.3) is 0 Å². The summed E-state index contributed by atoms with van der Waals surface area (Å²) >= 11 is 0. The van der Waals surface area contributed by atoms with Crippen LogP contribution in [0.5, 0.6) is 0 Å². The molecule has 0 atom stereocenters. The molecule has 3 nitrogen and oxygen atoms in total. The molecule has 78 valence electrons. The molecular weight excluding hydrogens is 176 g/mol. The van der Waals surface area contributed by atoms with Crippen molar-refractivity contribution >= 4 is 12.0 Å². The number of hydrogen-bond donors (Lipinski definition) is 0. The Bertz CT molecular complexity index is 262. The molecule has 0 N–H and O–H groups in total. The fourth-order valence-electron chi connectivity index (χ4n) is 0.783. The Morgan fingerprint density at radius 2 is 2.07 bits per heavy atom. The van der Waals surface area contributed by atoms with Crippen LogP contribution in [0.4, 0.5) is 0 Å². The highest BCUT2D eigenvalue weighted by molar-refractivity contribution is 6.18. The van der Waals surface area contributed by atoms with Gasteiger partial charge in [-0.05, 0) is 13.8 Å². The van der Waals surface area contributed by atoms with Gasteiger partial charge in [-0.1, -0.05) is 6.08 Å². The first kappa shape index (κ1) is 12.6. The van der Waals surface area contributed by atoms with Crippen LogP contribution >= 0.6 is 0 Å². The molecule has 0 heterocycles. The second-order valence-corrected chi connectivity index (χ2v) is 3.02. The van der Waals surface area contributed by atoms with E-state index in [1.807, 2.05) is 32.8 Å². The summed E-state index contributed by atoms with van der Waals surface area (Å²) in [5, 5.41) is 0. The molecule has 0 aromatic rings. The molecule has 0 saturated carbocycles. The predicted octanol–water partition coefficient (Wildman–Crippen LogP) is 1.67. The first-order valence-corrected chi connectivity index (χ1v) is 4.66. The van der Waals surface area contributed by atoms with E-state index in [1.165, 1.54) is 6.08 Å². The molecule has 0 aliphatic carbocycles. The van der Waals surface area contributed by atoms with E-state index in [1.54, 1.807) is 18.5 Å². The number of ketones is 1. The molecule has 0 fully saturated rings. The molecule has 0 spiro atoms. The van der Waals surface area contributed by atoms with Crippen LogP contribution in [0.15, 0.2) is 28.9 Å². The van der Waals surface area contributed by atoms with E-state index >= 15 is 0 Å². The average Bonchev–Trinajstić information content (AvgIpc) is 2.16. The van der Waals surface area contributed by atoms with Crippen molar-refractivity contribution in [3.05, 3.63) is 23.9 Å². The first-order valence-electron chi connectivity index (χ1n) is 4.66. The molecule has 14 heavy (non-hydrogen) atoms. The minimum Gasteiger partial charge on any atom is -0.383 e. The maximum Gasteiger partial charge on any atom is 0.188 e. The number of aliphatic imine (C=N–C) groups is 1. The summed E-state index contributed by atoms with van der Waals surface area (Å²) < 4.78 is 0. The van der Waals surface area contributed by atoms with Gasteiger partial charge in [-0.2, -0.15) is 0 Å². The van der Waals surface area contributed by atoms with Gasteiger partial charge in [0, 0.05) is 44.7 Å². The molecule has 0 rings (SSSR count). The van der Waals surface area contributed by atoms with Gasteiger partial charge in [-0.25, -0.2) is 0 Å². The number of carbonyl (C=O) groups is 1. The van der Waals surface area contributed by atoms with Crippen LogP contribution in [0.1, 0.15) is 13.8 Å². The molecule has 0 aromatic heterocycles. The quantitative estimate of drug-likeness (QED) is 0.492. The van der Waals surface area contributed by atoms with E-state index in [9.17, 15) is 4.79 Å². The zero-order valence-corrected chi connectivity index (χ0v) is 9.32. The zero-order valence-electron chi connectivity index (χ0n) is 9.32. The van der Waals surface area contributed by atoms with E-state index < -0.39 is 0 Å². The number of nitrogens with zero attached hydrogens (tertiary/aromatic N) is 2. The normalized spacial score (nSPS) is 12.7. The lowest BCUT2D eigenvalue weighted by molar-refractivity contribution is -0.110. The Balaban J connectivity index is 4.42. The molecule has 3 heteroatoms. The molecule has 0 radical (unpaired) electrons. The number of carbonyl (C=O) groups excluding carboxylic acids is 1. The summed E-state index contributed by atoms with van der Waals surface area (Å²) in [5.41, 5.74) is 0.630. The van der Waals surface area contributed by atoms with Crippen molar-refractivity contribution in [2.45, 2.75) is 13.8 Å². The van der Waals surface area contributed by atoms with Gasteiger partial charge in [-0.3, -0.25) is 9.79 Å². The van der Waals surface area contributed by atoms with Crippen LogP contribution < -0.4 is 0 Å². The third-order valence-electron chi connectivity index (χ3n) is 1.53. The van der Waals surface area contributed by atoms with Gasteiger partial charge in [0.25, 0.3) is 0 Å². The Morgan fingerprint density at radius 1 is 1.43 bits per heavy atom. The van der Waals surface area contributed by atoms with Crippen LogP contribution in [0.3, 0.4) is 0 Å². The molecule has 0 aliphatic heterocycles. The molecule has 0 aromatic carbocycles. The van der Waals surface area contributed by atoms with Gasteiger partial charge in [0.05, 0.1) is 0 Å². The standard InChI is InChI=1S/C11H18N2O/c1-5-10(9-12-6-2)11(14)7-8-13(3)4/h5,7-9H,6H2,1-4H3/b8-7+,10-5+,12-9?. The summed E-state index contributed by atoms with van der Waals surface area (Å²) in [4.78, 5) is 17.4. The fourth-order valence-corrected chi connectivity index (χ4v) is 0.783. The van der Waals surface area contributed by atoms with E-state index in [0.717, 1.165) is 0 Å². The summed E-state index contributed by atoms with van der Waals surface area (Å²) in [6, 6.07) is 0. The summed E-state index contributed by atoms with van der Waals surface area (Å²) in [7, 11) is 3.75. The maximum absolute atomic E-state index is 11.5. The van der Waals surface area contributed by atoms with Crippen molar-refractivity contribution in [3.63, 3.8) is 0 Å². The van der Waals surface area contributed by atoms with Crippen LogP contribution in [0, 0.1) is 0 Å². The van der Waals surface area contributed by atoms with Crippen LogP contribution in [-0.4, -0.2) is 37.5 Å². The minimum absolute atomic E-state index is 0.0154. The molecule has 0 saturated heterocycles. The van der Waals surface area contributed by atoms with E-state index in [2.05, 4.69) is 4.99 Å². The van der Waals surface area contributed by atoms with Gasteiger partial charge < -0.3 is 4.90 Å². The second kappa shape index (κ2) is 7.06. The van der Waals surface area contributed by atoms with E-state index in [-0.39, 0.29) is 5.78 Å². The lowest BCUT2D eigenvalue weighted by atomic mass is 10.2. The topological polar surface area (TPSA) is 32.7 Å². The van der Waals surface area contributed by atoms with Crippen molar-refractivity contribution in [1.82, 2.24) is 4.90 Å². The lowest BCUT2D eigenvalue weighted by Gasteiger charge is -2.02. The van der Waals surface area contributed by atoms with Crippen LogP contribution in [-0.2, 0) is 4.79 Å². The molecule has 0 aliphatic rings. The van der Waals surface area contributed by atoms with Gasteiger partial charge in [-0.15, -0.1) is 0 Å². The van der Waals surface area contributed by atoms with Gasteiger partial charge in [0.1, 0.15) is 0 Å². The monoisotopic (exact) mass is 194 g/mol. The Morgan fingerprint density at radius 3 is 2.50 bits per heavy atom.